The number of aromatic amines is 1. The van der Waals surface area contributed by atoms with Crippen molar-refractivity contribution in [1.82, 2.24) is 4.98 Å². The van der Waals surface area contributed by atoms with Gasteiger partial charge in [0.2, 0.25) is 5.91 Å². The molecular formula is C17H16N2O3. The summed E-state index contributed by atoms with van der Waals surface area (Å²) in [5, 5.41) is 2.83. The topological polar surface area (TPSA) is 75.1 Å². The molecule has 0 spiro atoms. The zero-order valence-corrected chi connectivity index (χ0v) is 12.2. The van der Waals surface area contributed by atoms with Crippen LogP contribution < -0.4 is 11.1 Å². The predicted octanol–water partition coefficient (Wildman–Crippen LogP) is 3.00. The summed E-state index contributed by atoms with van der Waals surface area (Å²) < 4.78 is 4.92. The molecule has 1 heterocycles. The third-order valence-corrected chi connectivity index (χ3v) is 3.43. The fraction of sp³-hybridized carbons (Fsp3) is 0.176. The maximum Gasteiger partial charge on any atom is 0.417 e. The third kappa shape index (κ3) is 3.25. The summed E-state index contributed by atoms with van der Waals surface area (Å²) >= 11 is 0. The van der Waals surface area contributed by atoms with Crippen LogP contribution in [0.5, 0.6) is 0 Å². The Balaban J connectivity index is 1.64. The van der Waals surface area contributed by atoms with E-state index in [0.29, 0.717) is 29.6 Å². The van der Waals surface area contributed by atoms with E-state index in [1.165, 1.54) is 5.56 Å². The highest BCUT2D eigenvalue weighted by molar-refractivity contribution is 5.92. The first-order valence-electron chi connectivity index (χ1n) is 7.08. The van der Waals surface area contributed by atoms with Crippen molar-refractivity contribution in [3.8, 4) is 0 Å². The lowest BCUT2D eigenvalue weighted by Gasteiger charge is -2.06. The van der Waals surface area contributed by atoms with E-state index in [2.05, 4.69) is 16.4 Å². The summed E-state index contributed by atoms with van der Waals surface area (Å²) in [5.74, 6) is -0.565. The minimum Gasteiger partial charge on any atom is -0.408 e. The first-order chi connectivity index (χ1) is 10.6. The summed E-state index contributed by atoms with van der Waals surface area (Å²) in [4.78, 5) is 25.7. The number of carbonyl (C=O) groups excluding carboxylic acids is 1. The zero-order valence-electron chi connectivity index (χ0n) is 12.2. The average Bonchev–Trinajstić information content (AvgIpc) is 2.84. The molecule has 0 fully saturated rings. The minimum absolute atomic E-state index is 0.0632. The lowest BCUT2D eigenvalue weighted by atomic mass is 10.1. The van der Waals surface area contributed by atoms with Crippen LogP contribution in [-0.2, 0) is 11.2 Å². The third-order valence-electron chi connectivity index (χ3n) is 3.43. The number of aryl methyl sites for hydroxylation is 2. The Morgan fingerprint density at radius 2 is 2.09 bits per heavy atom. The van der Waals surface area contributed by atoms with Gasteiger partial charge in [0.05, 0.1) is 5.52 Å². The Bertz CT molecular complexity index is 877. The van der Waals surface area contributed by atoms with Crippen LogP contribution in [0.3, 0.4) is 0 Å². The highest BCUT2D eigenvalue weighted by Gasteiger charge is 2.06. The van der Waals surface area contributed by atoms with Gasteiger partial charge in [-0.3, -0.25) is 9.78 Å². The Kier molecular flexibility index (Phi) is 3.78. The number of amides is 1. The molecular weight excluding hydrogens is 280 g/mol. The lowest BCUT2D eigenvalue weighted by molar-refractivity contribution is -0.116. The van der Waals surface area contributed by atoms with E-state index < -0.39 is 5.76 Å². The number of hydrogen-bond donors (Lipinski definition) is 2. The number of hydrogen-bond acceptors (Lipinski definition) is 3. The summed E-state index contributed by atoms with van der Waals surface area (Å²) in [6, 6.07) is 13.2. The van der Waals surface area contributed by atoms with Gasteiger partial charge in [0, 0.05) is 12.1 Å². The molecule has 0 bridgehead atoms. The van der Waals surface area contributed by atoms with Crippen LogP contribution >= 0.6 is 0 Å². The number of anilines is 1. The summed E-state index contributed by atoms with van der Waals surface area (Å²) in [7, 11) is 0. The van der Waals surface area contributed by atoms with Crippen LogP contribution in [-0.4, -0.2) is 10.9 Å². The van der Waals surface area contributed by atoms with Crippen molar-refractivity contribution in [3.63, 3.8) is 0 Å². The van der Waals surface area contributed by atoms with Crippen LogP contribution in [0.2, 0.25) is 0 Å². The second-order valence-electron chi connectivity index (χ2n) is 5.26. The van der Waals surface area contributed by atoms with E-state index in [1.807, 2.05) is 25.1 Å². The standard InChI is InChI=1S/C17H16N2O3/c1-11-3-2-4-12(9-11)5-8-16(20)18-13-6-7-15-14(10-13)19-17(21)22-15/h2-4,6-7,9-10H,5,8H2,1H3,(H,18,20)(H,19,21). The molecule has 0 aliphatic rings. The van der Waals surface area contributed by atoms with E-state index in [0.717, 1.165) is 5.56 Å². The number of rotatable bonds is 4. The number of carbonyl (C=O) groups is 1. The number of H-pyrrole nitrogens is 1. The largest absolute Gasteiger partial charge is 0.417 e. The number of nitrogens with one attached hydrogen (secondary N) is 2. The maximum atomic E-state index is 12.0. The molecule has 0 unspecified atom stereocenters. The van der Waals surface area contributed by atoms with Crippen molar-refractivity contribution in [2.24, 2.45) is 0 Å². The summed E-state index contributed by atoms with van der Waals surface area (Å²) in [6.45, 7) is 2.03. The SMILES string of the molecule is Cc1cccc(CCC(=O)Nc2ccc3oc(=O)[nH]c3c2)c1. The summed E-state index contributed by atoms with van der Waals surface area (Å²) in [6.07, 6.45) is 1.10. The van der Waals surface area contributed by atoms with Crippen molar-refractivity contribution in [3.05, 3.63) is 64.1 Å². The van der Waals surface area contributed by atoms with E-state index in [1.54, 1.807) is 18.2 Å². The van der Waals surface area contributed by atoms with Gasteiger partial charge in [-0.15, -0.1) is 0 Å². The molecule has 0 saturated heterocycles. The van der Waals surface area contributed by atoms with Crippen LogP contribution in [0, 0.1) is 6.92 Å². The second-order valence-corrected chi connectivity index (χ2v) is 5.26. The molecule has 0 radical (unpaired) electrons. The van der Waals surface area contributed by atoms with Gasteiger partial charge in [-0.05, 0) is 37.1 Å². The van der Waals surface area contributed by atoms with Crippen molar-refractivity contribution < 1.29 is 9.21 Å². The quantitative estimate of drug-likeness (QED) is 0.777. The van der Waals surface area contributed by atoms with E-state index in [9.17, 15) is 9.59 Å². The Hall–Kier alpha value is -2.82. The van der Waals surface area contributed by atoms with Gasteiger partial charge in [-0.25, -0.2) is 4.79 Å². The smallest absolute Gasteiger partial charge is 0.408 e. The molecule has 1 aromatic heterocycles. The van der Waals surface area contributed by atoms with Gasteiger partial charge in [0.25, 0.3) is 0 Å². The van der Waals surface area contributed by atoms with Crippen molar-refractivity contribution in [2.45, 2.75) is 19.8 Å². The van der Waals surface area contributed by atoms with Crippen molar-refractivity contribution >= 4 is 22.7 Å². The summed E-state index contributed by atoms with van der Waals surface area (Å²) in [5.41, 5.74) is 4.01. The van der Waals surface area contributed by atoms with E-state index in [-0.39, 0.29) is 5.91 Å². The highest BCUT2D eigenvalue weighted by Crippen LogP contribution is 2.16. The van der Waals surface area contributed by atoms with Crippen LogP contribution in [0.15, 0.2) is 51.7 Å². The van der Waals surface area contributed by atoms with Crippen LogP contribution in [0.25, 0.3) is 11.1 Å². The molecule has 0 atom stereocenters. The van der Waals surface area contributed by atoms with Gasteiger partial charge in [-0.1, -0.05) is 29.8 Å². The van der Waals surface area contributed by atoms with Gasteiger partial charge >= 0.3 is 5.76 Å². The van der Waals surface area contributed by atoms with E-state index >= 15 is 0 Å². The number of benzene rings is 2. The predicted molar refractivity (Wildman–Crippen MR) is 85.0 cm³/mol. The molecule has 2 aromatic carbocycles. The monoisotopic (exact) mass is 296 g/mol. The normalized spacial score (nSPS) is 10.8. The number of aromatic nitrogens is 1. The van der Waals surface area contributed by atoms with Crippen molar-refractivity contribution in [1.29, 1.82) is 0 Å². The lowest BCUT2D eigenvalue weighted by Crippen LogP contribution is -2.12. The molecule has 112 valence electrons. The molecule has 2 N–H and O–H groups in total. The Morgan fingerprint density at radius 3 is 2.91 bits per heavy atom. The molecule has 1 amide bonds. The zero-order chi connectivity index (χ0) is 15.5. The average molecular weight is 296 g/mol. The Morgan fingerprint density at radius 1 is 1.23 bits per heavy atom. The maximum absolute atomic E-state index is 12.0. The molecule has 0 saturated carbocycles. The fourth-order valence-electron chi connectivity index (χ4n) is 2.38. The number of oxazole rings is 1. The molecule has 3 rings (SSSR count). The molecule has 5 heteroatoms. The Labute approximate surface area is 127 Å². The van der Waals surface area contributed by atoms with Crippen LogP contribution in [0.1, 0.15) is 17.5 Å². The number of fused-ring (bicyclic) bond motifs is 1. The molecule has 0 aliphatic heterocycles. The van der Waals surface area contributed by atoms with Crippen molar-refractivity contribution in [2.75, 3.05) is 5.32 Å². The minimum atomic E-state index is -0.502. The first-order valence-corrected chi connectivity index (χ1v) is 7.08. The molecule has 0 aliphatic carbocycles. The second kappa shape index (κ2) is 5.89. The highest BCUT2D eigenvalue weighted by atomic mass is 16.4. The molecule has 3 aromatic rings. The van der Waals surface area contributed by atoms with Crippen LogP contribution in [0.4, 0.5) is 5.69 Å². The van der Waals surface area contributed by atoms with Gasteiger partial charge < -0.3 is 9.73 Å². The van der Waals surface area contributed by atoms with Gasteiger partial charge in [0.1, 0.15) is 0 Å². The van der Waals surface area contributed by atoms with Gasteiger partial charge in [0.15, 0.2) is 5.58 Å². The fourth-order valence-corrected chi connectivity index (χ4v) is 2.38. The first kappa shape index (κ1) is 14.1. The molecule has 5 nitrogen and oxygen atoms in total. The molecule has 22 heavy (non-hydrogen) atoms. The van der Waals surface area contributed by atoms with Gasteiger partial charge in [-0.2, -0.15) is 0 Å². The van der Waals surface area contributed by atoms with E-state index in [4.69, 9.17) is 4.42 Å².